The van der Waals surface area contributed by atoms with Gasteiger partial charge in [0.2, 0.25) is 0 Å². The molecule has 0 amide bonds. The minimum Gasteiger partial charge on any atom is -0.289 e. The highest BCUT2D eigenvalue weighted by molar-refractivity contribution is 6.15. The van der Waals surface area contributed by atoms with Crippen molar-refractivity contribution in [2.24, 2.45) is 0 Å². The second kappa shape index (κ2) is 11.2. The van der Waals surface area contributed by atoms with Gasteiger partial charge in [-0.3, -0.25) is 9.59 Å². The topological polar surface area (TPSA) is 34.1 Å². The van der Waals surface area contributed by atoms with Crippen LogP contribution in [0.4, 0.5) is 0 Å². The fourth-order valence-electron chi connectivity index (χ4n) is 4.98. The number of rotatable bonds is 7. The Kier molecular flexibility index (Phi) is 6.98. The van der Waals surface area contributed by atoms with Gasteiger partial charge in [0.05, 0.1) is 0 Å². The molecule has 0 spiro atoms. The predicted octanol–water partition coefficient (Wildman–Crippen LogP) is 9.45. The molecule has 0 radical (unpaired) electrons. The van der Waals surface area contributed by atoms with Crippen LogP contribution in [-0.2, 0) is 0 Å². The third-order valence-corrected chi connectivity index (χ3v) is 7.12. The van der Waals surface area contributed by atoms with Gasteiger partial charge < -0.3 is 0 Å². The van der Waals surface area contributed by atoms with Crippen molar-refractivity contribution >= 4 is 45.3 Å². The first-order valence-corrected chi connectivity index (χ1v) is 13.3. The van der Waals surface area contributed by atoms with Crippen LogP contribution < -0.4 is 0 Å². The first-order chi connectivity index (χ1) is 19.7. The summed E-state index contributed by atoms with van der Waals surface area (Å²) in [6.07, 6.45) is 6.98. The van der Waals surface area contributed by atoms with Crippen molar-refractivity contribution in [3.05, 3.63) is 168 Å². The van der Waals surface area contributed by atoms with E-state index in [0.717, 1.165) is 43.8 Å². The van der Waals surface area contributed by atoms with E-state index in [1.807, 2.05) is 121 Å². The van der Waals surface area contributed by atoms with Crippen molar-refractivity contribution in [2.75, 3.05) is 0 Å². The fraction of sp³-hybridized carbons (Fsp3) is 0. The Morgan fingerprint density at radius 2 is 0.775 bits per heavy atom. The highest BCUT2D eigenvalue weighted by atomic mass is 16.1. The van der Waals surface area contributed by atoms with Gasteiger partial charge in [-0.15, -0.1) is 0 Å². The molecule has 0 heterocycles. The van der Waals surface area contributed by atoms with Crippen LogP contribution in [-0.4, -0.2) is 11.6 Å². The highest BCUT2D eigenvalue weighted by Gasteiger charge is 2.08. The summed E-state index contributed by atoms with van der Waals surface area (Å²) in [7, 11) is 0. The van der Waals surface area contributed by atoms with E-state index in [9.17, 15) is 9.59 Å². The van der Waals surface area contributed by atoms with E-state index in [4.69, 9.17) is 0 Å². The van der Waals surface area contributed by atoms with Crippen LogP contribution in [0.25, 0.3) is 44.8 Å². The van der Waals surface area contributed by atoms with Crippen molar-refractivity contribution in [3.8, 4) is 11.1 Å². The maximum atomic E-state index is 12.9. The van der Waals surface area contributed by atoms with Gasteiger partial charge in [0.15, 0.2) is 11.6 Å². The van der Waals surface area contributed by atoms with Gasteiger partial charge >= 0.3 is 0 Å². The molecule has 0 aliphatic carbocycles. The molecule has 0 aromatic heterocycles. The number of carbonyl (C=O) groups is 2. The summed E-state index contributed by atoms with van der Waals surface area (Å²) >= 11 is 0. The van der Waals surface area contributed by atoms with Crippen LogP contribution in [0.1, 0.15) is 31.8 Å². The second-order valence-corrected chi connectivity index (χ2v) is 9.69. The molecule has 0 fully saturated rings. The van der Waals surface area contributed by atoms with Gasteiger partial charge in [0.1, 0.15) is 0 Å². The fourth-order valence-corrected chi connectivity index (χ4v) is 4.98. The minimum absolute atomic E-state index is 0.0107. The Labute approximate surface area is 233 Å². The van der Waals surface area contributed by atoms with Crippen LogP contribution in [0.3, 0.4) is 0 Å². The van der Waals surface area contributed by atoms with E-state index >= 15 is 0 Å². The monoisotopic (exact) mass is 514 g/mol. The molecule has 0 N–H and O–H groups in total. The van der Waals surface area contributed by atoms with Crippen LogP contribution in [0.15, 0.2) is 146 Å². The van der Waals surface area contributed by atoms with Gasteiger partial charge in [-0.1, -0.05) is 146 Å². The summed E-state index contributed by atoms with van der Waals surface area (Å²) in [5.41, 5.74) is 5.50. The molecule has 6 aromatic carbocycles. The Balaban J connectivity index is 1.13. The summed E-state index contributed by atoms with van der Waals surface area (Å²) in [6.45, 7) is 0. The molecule has 0 aliphatic heterocycles. The summed E-state index contributed by atoms with van der Waals surface area (Å²) < 4.78 is 0. The number of benzene rings is 6. The Bertz CT molecular complexity index is 1750. The van der Waals surface area contributed by atoms with Crippen molar-refractivity contribution in [2.45, 2.75) is 0 Å². The predicted molar refractivity (Wildman–Crippen MR) is 167 cm³/mol. The number of fused-ring (bicyclic) bond motifs is 2. The standard InChI is InChI=1S/C38H26O2/c39-37(35-13-5-9-31-7-1-3-11-33(31)35)25-19-27-15-21-29(22-16-27)30-23-17-28(18-24-30)20-26-38(40)36-14-6-10-32-8-2-4-12-34(32)36/h1-26H. The van der Waals surface area contributed by atoms with Crippen molar-refractivity contribution < 1.29 is 9.59 Å². The number of allylic oxidation sites excluding steroid dienone is 2. The van der Waals surface area contributed by atoms with E-state index in [1.54, 1.807) is 12.2 Å². The third-order valence-electron chi connectivity index (χ3n) is 7.12. The van der Waals surface area contributed by atoms with E-state index in [1.165, 1.54) is 0 Å². The van der Waals surface area contributed by atoms with Gasteiger partial charge in [0.25, 0.3) is 0 Å². The lowest BCUT2D eigenvalue weighted by atomic mass is 9.99. The first kappa shape index (κ1) is 25.0. The van der Waals surface area contributed by atoms with E-state index in [-0.39, 0.29) is 11.6 Å². The van der Waals surface area contributed by atoms with Crippen molar-refractivity contribution in [1.82, 2.24) is 0 Å². The maximum absolute atomic E-state index is 12.9. The molecular weight excluding hydrogens is 488 g/mol. The molecule has 0 saturated heterocycles. The quantitative estimate of drug-likeness (QED) is 0.157. The minimum atomic E-state index is -0.0107. The lowest BCUT2D eigenvalue weighted by Crippen LogP contribution is -1.95. The second-order valence-electron chi connectivity index (χ2n) is 9.69. The van der Waals surface area contributed by atoms with E-state index in [2.05, 4.69) is 24.3 Å². The normalized spacial score (nSPS) is 11.5. The molecule has 6 rings (SSSR count). The zero-order chi connectivity index (χ0) is 27.3. The molecule has 40 heavy (non-hydrogen) atoms. The van der Waals surface area contributed by atoms with Gasteiger partial charge in [0, 0.05) is 11.1 Å². The van der Waals surface area contributed by atoms with Crippen LogP contribution in [0.5, 0.6) is 0 Å². The number of ketones is 2. The molecule has 0 bridgehead atoms. The maximum Gasteiger partial charge on any atom is 0.186 e. The van der Waals surface area contributed by atoms with Gasteiger partial charge in [-0.25, -0.2) is 0 Å². The number of carbonyl (C=O) groups excluding carboxylic acids is 2. The third kappa shape index (κ3) is 5.29. The molecule has 2 nitrogen and oxygen atoms in total. The molecule has 0 atom stereocenters. The number of hydrogen-bond acceptors (Lipinski definition) is 2. The van der Waals surface area contributed by atoms with Crippen LogP contribution in [0.2, 0.25) is 0 Å². The lowest BCUT2D eigenvalue weighted by Gasteiger charge is -2.05. The Morgan fingerprint density at radius 1 is 0.400 bits per heavy atom. The van der Waals surface area contributed by atoms with Crippen LogP contribution >= 0.6 is 0 Å². The molecule has 2 heteroatoms. The van der Waals surface area contributed by atoms with E-state index in [0.29, 0.717) is 11.1 Å². The summed E-state index contributed by atoms with van der Waals surface area (Å²) in [4.78, 5) is 25.7. The lowest BCUT2D eigenvalue weighted by molar-refractivity contribution is 0.104. The zero-order valence-corrected chi connectivity index (χ0v) is 21.8. The zero-order valence-electron chi connectivity index (χ0n) is 21.8. The summed E-state index contributed by atoms with van der Waals surface area (Å²) in [5.74, 6) is -0.0214. The molecule has 0 unspecified atom stereocenters. The molecule has 0 aliphatic rings. The summed E-state index contributed by atoms with van der Waals surface area (Å²) in [5, 5.41) is 4.05. The summed E-state index contributed by atoms with van der Waals surface area (Å²) in [6, 6.07) is 43.7. The highest BCUT2D eigenvalue weighted by Crippen LogP contribution is 2.23. The Hall–Kier alpha value is -5.34. The largest absolute Gasteiger partial charge is 0.289 e. The smallest absolute Gasteiger partial charge is 0.186 e. The van der Waals surface area contributed by atoms with Crippen molar-refractivity contribution in [3.63, 3.8) is 0 Å². The SMILES string of the molecule is O=C(C=Cc1ccc(-c2ccc(C=CC(=O)c3cccc4ccccc34)cc2)cc1)c1cccc2ccccc12. The molecule has 190 valence electrons. The van der Waals surface area contributed by atoms with Gasteiger partial charge in [-0.05, 0) is 56.0 Å². The van der Waals surface area contributed by atoms with E-state index < -0.39 is 0 Å². The molecule has 6 aromatic rings. The first-order valence-electron chi connectivity index (χ1n) is 13.3. The Morgan fingerprint density at radius 3 is 1.20 bits per heavy atom. The van der Waals surface area contributed by atoms with Gasteiger partial charge in [-0.2, -0.15) is 0 Å². The molecular formula is C38H26O2. The molecule has 0 saturated carbocycles. The average molecular weight is 515 g/mol. The number of hydrogen-bond donors (Lipinski definition) is 0. The average Bonchev–Trinajstić information content (AvgIpc) is 3.02. The van der Waals surface area contributed by atoms with Crippen LogP contribution in [0, 0.1) is 0 Å². The van der Waals surface area contributed by atoms with Crippen molar-refractivity contribution in [1.29, 1.82) is 0 Å².